The zero-order valence-electron chi connectivity index (χ0n) is 15.3. The van der Waals surface area contributed by atoms with Crippen molar-refractivity contribution in [3.8, 4) is 0 Å². The average molecular weight is 569 g/mol. The number of benzene rings is 2. The minimum Gasteiger partial charge on any atom is -1.00 e. The van der Waals surface area contributed by atoms with Gasteiger partial charge in [-0.25, -0.2) is 0 Å². The number of hydrogen-bond acceptors (Lipinski definition) is 0. The predicted octanol–water partition coefficient (Wildman–Crippen LogP) is 0.422. The second-order valence-corrected chi connectivity index (χ2v) is 7.62. The van der Waals surface area contributed by atoms with Crippen molar-refractivity contribution < 1.29 is 60.2 Å². The average Bonchev–Trinajstić information content (AvgIpc) is 3.26. The molecule has 0 saturated carbocycles. The van der Waals surface area contributed by atoms with Gasteiger partial charge in [-0.2, -0.15) is 35.0 Å². The molecular formula is C22H25Br2SiZr. The molecular weight excluding hydrogens is 543 g/mol. The molecule has 0 N–H and O–H groups in total. The Kier molecular flexibility index (Phi) is 18.1. The fourth-order valence-corrected chi connectivity index (χ4v) is 3.01. The Balaban J connectivity index is 0. The van der Waals surface area contributed by atoms with Gasteiger partial charge in [0.05, 0.1) is 0 Å². The van der Waals surface area contributed by atoms with Crippen LogP contribution in [-0.4, -0.2) is 9.52 Å². The standard InChI is InChI=1S/2C9H7.C4H11Si.2BrH.Zr/c2*1-2-5-9-7-3-6-8(9)4-1;1-3-5-4-2;;;/h2*1-7H;5H,3-4H2,1-2H3;2*1H;/q2*-1;;;;+4/p-2. The van der Waals surface area contributed by atoms with Gasteiger partial charge in [-0.3, -0.25) is 0 Å². The van der Waals surface area contributed by atoms with Crippen LogP contribution in [-0.2, 0) is 26.2 Å². The SMILES string of the molecule is CC[SiH]CC.[Br-].[Br-].[Zr+4].c1ccc2[cH-]ccc2c1.c1ccc2[cH-]ccc2c1. The van der Waals surface area contributed by atoms with Gasteiger partial charge < -0.3 is 34.0 Å². The molecule has 0 atom stereocenters. The minimum absolute atomic E-state index is 0. The first kappa shape index (κ1) is 27.9. The molecule has 0 saturated heterocycles. The van der Waals surface area contributed by atoms with Crippen molar-refractivity contribution in [2.24, 2.45) is 0 Å². The molecule has 0 aliphatic heterocycles. The molecule has 0 aliphatic rings. The zero-order valence-corrected chi connectivity index (χ0v) is 22.1. The summed E-state index contributed by atoms with van der Waals surface area (Å²) in [5, 5.41) is 5.32. The van der Waals surface area contributed by atoms with Gasteiger partial charge in [0, 0.05) is 9.52 Å². The van der Waals surface area contributed by atoms with Gasteiger partial charge in [-0.15, -0.1) is 59.3 Å². The Labute approximate surface area is 200 Å². The van der Waals surface area contributed by atoms with E-state index in [4.69, 9.17) is 0 Å². The van der Waals surface area contributed by atoms with E-state index in [1.165, 1.54) is 33.6 Å². The number of hydrogen-bond donors (Lipinski definition) is 0. The molecule has 26 heavy (non-hydrogen) atoms. The Morgan fingerprint density at radius 2 is 1.04 bits per heavy atom. The summed E-state index contributed by atoms with van der Waals surface area (Å²) in [5.74, 6) is 0. The van der Waals surface area contributed by atoms with Gasteiger partial charge in [0.1, 0.15) is 0 Å². The topological polar surface area (TPSA) is 0 Å². The van der Waals surface area contributed by atoms with Crippen LogP contribution in [0.25, 0.3) is 21.5 Å². The smallest absolute Gasteiger partial charge is 1.00 e. The van der Waals surface area contributed by atoms with E-state index in [-0.39, 0.29) is 60.2 Å². The maximum absolute atomic E-state index is 2.25. The second-order valence-electron chi connectivity index (χ2n) is 5.41. The van der Waals surface area contributed by atoms with Crippen LogP contribution < -0.4 is 34.0 Å². The van der Waals surface area contributed by atoms with E-state index in [9.17, 15) is 0 Å². The van der Waals surface area contributed by atoms with Gasteiger partial charge in [-0.05, 0) is 0 Å². The monoisotopic (exact) mass is 565 g/mol. The van der Waals surface area contributed by atoms with Crippen molar-refractivity contribution in [1.82, 2.24) is 0 Å². The molecule has 0 unspecified atom stereocenters. The van der Waals surface area contributed by atoms with Crippen LogP contribution in [0.2, 0.25) is 12.1 Å². The predicted molar refractivity (Wildman–Crippen MR) is 107 cm³/mol. The van der Waals surface area contributed by atoms with E-state index < -0.39 is 0 Å². The summed E-state index contributed by atoms with van der Waals surface area (Å²) in [6.45, 7) is 4.50. The Morgan fingerprint density at radius 1 is 0.654 bits per heavy atom. The van der Waals surface area contributed by atoms with Crippen LogP contribution in [0, 0.1) is 0 Å². The molecule has 4 aromatic rings. The maximum Gasteiger partial charge on any atom is 4.00 e. The van der Waals surface area contributed by atoms with Crippen molar-refractivity contribution in [2.75, 3.05) is 0 Å². The van der Waals surface area contributed by atoms with Crippen LogP contribution in [0.5, 0.6) is 0 Å². The van der Waals surface area contributed by atoms with E-state index >= 15 is 0 Å². The van der Waals surface area contributed by atoms with E-state index in [1.807, 2.05) is 0 Å². The van der Waals surface area contributed by atoms with Crippen molar-refractivity contribution in [1.29, 1.82) is 0 Å². The second kappa shape index (κ2) is 16.9. The first-order valence-electron chi connectivity index (χ1n) is 8.37. The summed E-state index contributed by atoms with van der Waals surface area (Å²) in [7, 11) is 0.815. The van der Waals surface area contributed by atoms with Gasteiger partial charge in [-0.1, -0.05) is 38.1 Å². The molecule has 0 aliphatic carbocycles. The van der Waals surface area contributed by atoms with Gasteiger partial charge in [0.15, 0.2) is 0 Å². The fraction of sp³-hybridized carbons (Fsp3) is 0.182. The largest absolute Gasteiger partial charge is 4.00 e. The fourth-order valence-electron chi connectivity index (χ4n) is 2.43. The molecule has 0 spiro atoms. The van der Waals surface area contributed by atoms with E-state index in [0.717, 1.165) is 9.52 Å². The molecule has 4 rings (SSSR count). The molecule has 0 fully saturated rings. The maximum atomic E-state index is 2.25. The van der Waals surface area contributed by atoms with Crippen molar-refractivity contribution >= 4 is 31.1 Å². The molecule has 0 heterocycles. The van der Waals surface area contributed by atoms with Gasteiger partial charge in [0.25, 0.3) is 0 Å². The van der Waals surface area contributed by atoms with Gasteiger partial charge in [0.2, 0.25) is 0 Å². The van der Waals surface area contributed by atoms with Crippen molar-refractivity contribution in [3.63, 3.8) is 0 Å². The molecule has 135 valence electrons. The van der Waals surface area contributed by atoms with Crippen molar-refractivity contribution in [3.05, 3.63) is 84.9 Å². The summed E-state index contributed by atoms with van der Waals surface area (Å²) in [5.41, 5.74) is 0. The summed E-state index contributed by atoms with van der Waals surface area (Å²) < 4.78 is 0. The number of halogens is 2. The Morgan fingerprint density at radius 3 is 1.35 bits per heavy atom. The van der Waals surface area contributed by atoms with Crippen molar-refractivity contribution in [2.45, 2.75) is 25.9 Å². The normalized spacial score (nSPS) is 8.69. The number of rotatable bonds is 2. The molecule has 4 aromatic carbocycles. The van der Waals surface area contributed by atoms with E-state index in [2.05, 4.69) is 98.8 Å². The van der Waals surface area contributed by atoms with E-state index in [0.29, 0.717) is 0 Å². The molecule has 0 bridgehead atoms. The third kappa shape index (κ3) is 9.60. The van der Waals surface area contributed by atoms with Crippen LogP contribution in [0.3, 0.4) is 0 Å². The third-order valence-electron chi connectivity index (χ3n) is 3.67. The Bertz CT molecular complexity index is 679. The Hall–Kier alpha value is -0.280. The quantitative estimate of drug-likeness (QED) is 0.243. The minimum atomic E-state index is 0. The van der Waals surface area contributed by atoms with Crippen LogP contribution in [0.1, 0.15) is 13.8 Å². The van der Waals surface area contributed by atoms with Crippen LogP contribution in [0.15, 0.2) is 84.9 Å². The summed E-state index contributed by atoms with van der Waals surface area (Å²) in [6.07, 6.45) is 0. The first-order valence-corrected chi connectivity index (χ1v) is 10.0. The molecule has 0 aromatic heterocycles. The summed E-state index contributed by atoms with van der Waals surface area (Å²) in [4.78, 5) is 0. The third-order valence-corrected chi connectivity index (χ3v) is 4.83. The summed E-state index contributed by atoms with van der Waals surface area (Å²) >= 11 is 0. The molecule has 1 radical (unpaired) electrons. The molecule has 0 nitrogen and oxygen atoms in total. The van der Waals surface area contributed by atoms with Crippen LogP contribution in [0.4, 0.5) is 0 Å². The van der Waals surface area contributed by atoms with Crippen LogP contribution >= 0.6 is 0 Å². The first-order chi connectivity index (χ1) is 11.3. The number of fused-ring (bicyclic) bond motifs is 2. The zero-order chi connectivity index (χ0) is 16.3. The van der Waals surface area contributed by atoms with E-state index in [1.54, 1.807) is 0 Å². The summed E-state index contributed by atoms with van der Waals surface area (Å²) in [6, 6.07) is 32.2. The molecule has 0 amide bonds. The van der Waals surface area contributed by atoms with Gasteiger partial charge >= 0.3 is 26.2 Å². The molecule has 4 heteroatoms.